The number of nitrogens with one attached hydrogen (secondary N) is 6. The van der Waals surface area contributed by atoms with Gasteiger partial charge >= 0.3 is 5.97 Å². The smallest absolute Gasteiger partial charge is 0.328 e. The van der Waals surface area contributed by atoms with Crippen LogP contribution in [0.4, 0.5) is 0 Å². The van der Waals surface area contributed by atoms with Crippen molar-refractivity contribution in [1.82, 2.24) is 31.2 Å². The van der Waals surface area contributed by atoms with E-state index in [4.69, 9.17) is 4.74 Å². The Balaban J connectivity index is 1.73. The van der Waals surface area contributed by atoms with Crippen molar-refractivity contribution in [3.63, 3.8) is 0 Å². The summed E-state index contributed by atoms with van der Waals surface area (Å²) in [4.78, 5) is 70.2. The number of hydrogen-bond donors (Lipinski definition) is 6. The average molecular weight is 559 g/mol. The van der Waals surface area contributed by atoms with Crippen LogP contribution in [0.1, 0.15) is 18.1 Å². The van der Waals surface area contributed by atoms with Crippen LogP contribution in [-0.4, -0.2) is 71.8 Å². The summed E-state index contributed by atoms with van der Waals surface area (Å²) in [7, 11) is 1.24. The number of rotatable bonds is 2. The molecule has 0 unspecified atom stereocenters. The molecule has 12 heteroatoms. The van der Waals surface area contributed by atoms with Crippen molar-refractivity contribution >= 4 is 51.4 Å². The molecule has 0 fully saturated rings. The summed E-state index contributed by atoms with van der Waals surface area (Å²) < 4.78 is 5.00. The van der Waals surface area contributed by atoms with Gasteiger partial charge in [0.1, 0.15) is 12.1 Å². The Labute approximate surface area is 234 Å². The Kier molecular flexibility index (Phi) is 7.72. The van der Waals surface area contributed by atoms with E-state index in [0.717, 1.165) is 32.9 Å². The van der Waals surface area contributed by atoms with Gasteiger partial charge in [-0.25, -0.2) is 4.79 Å². The van der Waals surface area contributed by atoms with E-state index in [1.807, 2.05) is 48.5 Å². The van der Waals surface area contributed by atoms with E-state index in [1.165, 1.54) is 14.0 Å². The van der Waals surface area contributed by atoms with Crippen LogP contribution < -0.4 is 21.3 Å². The van der Waals surface area contributed by atoms with Gasteiger partial charge in [0, 0.05) is 41.6 Å². The van der Waals surface area contributed by atoms with Crippen molar-refractivity contribution in [2.24, 2.45) is 0 Å². The molecule has 5 rings (SSSR count). The Morgan fingerprint density at radius 2 is 1.37 bits per heavy atom. The van der Waals surface area contributed by atoms with Crippen LogP contribution in [-0.2, 0) is 41.6 Å². The summed E-state index contributed by atoms with van der Waals surface area (Å²) in [5, 5.41) is 12.0. The van der Waals surface area contributed by atoms with E-state index >= 15 is 0 Å². The average Bonchev–Trinajstić information content (AvgIpc) is 3.51. The van der Waals surface area contributed by atoms with Gasteiger partial charge in [-0.1, -0.05) is 36.4 Å². The fourth-order valence-corrected chi connectivity index (χ4v) is 5.23. The van der Waals surface area contributed by atoms with E-state index in [-0.39, 0.29) is 12.8 Å². The number of hydrogen-bond acceptors (Lipinski definition) is 6. The molecule has 0 aliphatic carbocycles. The van der Waals surface area contributed by atoms with Crippen LogP contribution in [0.2, 0.25) is 0 Å². The lowest BCUT2D eigenvalue weighted by atomic mass is 9.96. The number of benzene rings is 2. The van der Waals surface area contributed by atoms with Gasteiger partial charge in [-0.15, -0.1) is 0 Å². The first kappa shape index (κ1) is 27.4. The highest BCUT2D eigenvalue weighted by Crippen LogP contribution is 2.37. The second kappa shape index (κ2) is 11.5. The fraction of sp³-hybridized carbons (Fsp3) is 0.276. The van der Waals surface area contributed by atoms with Crippen LogP contribution in [0.25, 0.3) is 33.2 Å². The molecule has 0 saturated carbocycles. The van der Waals surface area contributed by atoms with E-state index in [0.29, 0.717) is 11.4 Å². The number of methoxy groups -OCH3 is 1. The first-order valence-corrected chi connectivity index (χ1v) is 13.1. The molecule has 0 saturated heterocycles. The third-order valence-electron chi connectivity index (χ3n) is 7.08. The highest BCUT2D eigenvalue weighted by Gasteiger charge is 2.30. The Morgan fingerprint density at radius 3 is 1.95 bits per heavy atom. The molecule has 1 aliphatic rings. The number of aromatic amines is 2. The molecule has 2 atom stereocenters. The van der Waals surface area contributed by atoms with Crippen LogP contribution in [0, 0.1) is 0 Å². The van der Waals surface area contributed by atoms with Gasteiger partial charge in [-0.2, -0.15) is 0 Å². The lowest BCUT2D eigenvalue weighted by Gasteiger charge is -2.20. The lowest BCUT2D eigenvalue weighted by molar-refractivity contribution is -0.145. The van der Waals surface area contributed by atoms with Gasteiger partial charge < -0.3 is 36.0 Å². The molecule has 4 amide bonds. The minimum absolute atomic E-state index is 0.0795. The molecule has 212 valence electrons. The third-order valence-corrected chi connectivity index (χ3v) is 7.08. The molecule has 0 bridgehead atoms. The molecule has 0 radical (unpaired) electrons. The number of carbonyl (C=O) groups is 5. The number of para-hydroxylation sites is 2. The predicted molar refractivity (Wildman–Crippen MR) is 151 cm³/mol. The van der Waals surface area contributed by atoms with Crippen molar-refractivity contribution in [2.75, 3.05) is 20.2 Å². The van der Waals surface area contributed by atoms with E-state index in [1.54, 1.807) is 0 Å². The van der Waals surface area contributed by atoms with Gasteiger partial charge in [0.05, 0.1) is 31.6 Å². The van der Waals surface area contributed by atoms with Gasteiger partial charge in [-0.05, 0) is 23.3 Å². The van der Waals surface area contributed by atoms with Crippen LogP contribution in [0.3, 0.4) is 0 Å². The Hall–Kier alpha value is -5.13. The molecule has 2 aromatic heterocycles. The van der Waals surface area contributed by atoms with Gasteiger partial charge in [-0.3, -0.25) is 19.2 Å². The summed E-state index contributed by atoms with van der Waals surface area (Å²) in [6, 6.07) is 13.1. The zero-order chi connectivity index (χ0) is 29.1. The summed E-state index contributed by atoms with van der Waals surface area (Å²) in [5.41, 5.74) is 4.43. The minimum Gasteiger partial charge on any atom is -0.467 e. The largest absolute Gasteiger partial charge is 0.467 e. The zero-order valence-corrected chi connectivity index (χ0v) is 22.6. The second-order valence-electron chi connectivity index (χ2n) is 9.85. The molecular weight excluding hydrogens is 528 g/mol. The van der Waals surface area contributed by atoms with Gasteiger partial charge in [0.15, 0.2) is 0 Å². The number of aromatic nitrogens is 2. The number of fused-ring (bicyclic) bond motifs is 7. The fourth-order valence-electron chi connectivity index (χ4n) is 5.23. The molecule has 2 aromatic carbocycles. The lowest BCUT2D eigenvalue weighted by Crippen LogP contribution is -2.51. The summed E-state index contributed by atoms with van der Waals surface area (Å²) in [6.45, 7) is 0.496. The minimum atomic E-state index is -1.05. The Bertz CT molecular complexity index is 1670. The SMILES string of the molecule is COC(=O)[C@@H]1Cc2c([nH]c3ccccc23)-c2[nH]c3ccccc3c2C[C@H](NC(C)=O)C(=O)NCC(=O)NCC(=O)N1. The second-order valence-corrected chi connectivity index (χ2v) is 9.85. The first-order chi connectivity index (χ1) is 19.7. The maximum atomic E-state index is 13.2. The number of ether oxygens (including phenoxy) is 1. The topological polar surface area (TPSA) is 174 Å². The summed E-state index contributed by atoms with van der Waals surface area (Å²) >= 11 is 0. The molecule has 6 N–H and O–H groups in total. The first-order valence-electron chi connectivity index (χ1n) is 13.1. The highest BCUT2D eigenvalue weighted by atomic mass is 16.5. The monoisotopic (exact) mass is 558 g/mol. The molecule has 3 heterocycles. The predicted octanol–water partition coefficient (Wildman–Crippen LogP) is 0.810. The van der Waals surface area contributed by atoms with Gasteiger partial charge in [0.2, 0.25) is 23.6 Å². The number of carbonyl (C=O) groups excluding carboxylic acids is 5. The number of H-pyrrole nitrogens is 2. The van der Waals surface area contributed by atoms with E-state index < -0.39 is 54.8 Å². The van der Waals surface area contributed by atoms with Crippen molar-refractivity contribution < 1.29 is 28.7 Å². The molecule has 0 spiro atoms. The summed E-state index contributed by atoms with van der Waals surface area (Å²) in [6.07, 6.45) is 0.189. The van der Waals surface area contributed by atoms with Gasteiger partial charge in [0.25, 0.3) is 0 Å². The summed E-state index contributed by atoms with van der Waals surface area (Å²) in [5.74, 6) is -2.81. The van der Waals surface area contributed by atoms with Crippen LogP contribution >= 0.6 is 0 Å². The maximum absolute atomic E-state index is 13.2. The molecule has 4 aromatic rings. The van der Waals surface area contributed by atoms with Crippen molar-refractivity contribution in [3.8, 4) is 11.4 Å². The van der Waals surface area contributed by atoms with Crippen molar-refractivity contribution in [2.45, 2.75) is 31.8 Å². The molecule has 41 heavy (non-hydrogen) atoms. The Morgan fingerprint density at radius 1 is 0.805 bits per heavy atom. The molecule has 1 aliphatic heterocycles. The number of esters is 1. The quantitative estimate of drug-likeness (QED) is 0.199. The standard InChI is InChI=1S/C29H30N6O6/c1-15(36)32-22-11-18-16-7-3-5-9-20(16)34-26(18)27-19(17-8-4-6-10-21(17)35-27)12-23(29(40)41-2)33-25(38)14-30-24(37)13-31-28(22)39/h3-10,22-23,34-35H,11-14H2,1-2H3,(H,30,37)(H,31,39)(H,32,36)(H,33,38)/t22-,23-/m0/s1. The van der Waals surface area contributed by atoms with Crippen LogP contribution in [0.5, 0.6) is 0 Å². The maximum Gasteiger partial charge on any atom is 0.328 e. The normalized spacial score (nSPS) is 18.5. The third kappa shape index (κ3) is 5.76. The van der Waals surface area contributed by atoms with E-state index in [2.05, 4.69) is 31.2 Å². The highest BCUT2D eigenvalue weighted by molar-refractivity contribution is 5.98. The van der Waals surface area contributed by atoms with Crippen molar-refractivity contribution in [1.29, 1.82) is 0 Å². The molecule has 12 nitrogen and oxygen atoms in total. The van der Waals surface area contributed by atoms with Crippen LogP contribution in [0.15, 0.2) is 48.5 Å². The van der Waals surface area contributed by atoms with E-state index in [9.17, 15) is 24.0 Å². The van der Waals surface area contributed by atoms with Crippen molar-refractivity contribution in [3.05, 3.63) is 59.7 Å². The number of amides is 4. The zero-order valence-electron chi connectivity index (χ0n) is 22.6. The molecular formula is C29H30N6O6.